The van der Waals surface area contributed by atoms with Crippen molar-refractivity contribution in [2.45, 2.75) is 19.8 Å². The number of nitrogens with zero attached hydrogens (tertiary/aromatic N) is 2. The molecule has 3 aromatic carbocycles. The second-order valence-corrected chi connectivity index (χ2v) is 8.56. The molecule has 0 aliphatic rings. The normalized spacial score (nSPS) is 11.3. The van der Waals surface area contributed by atoms with Crippen LogP contribution in [0.3, 0.4) is 0 Å². The summed E-state index contributed by atoms with van der Waals surface area (Å²) in [7, 11) is 0. The topological polar surface area (TPSA) is 46.4 Å². The van der Waals surface area contributed by atoms with Crippen LogP contribution >= 0.6 is 23.2 Å². The first-order valence-corrected chi connectivity index (χ1v) is 11.3. The Morgan fingerprint density at radius 1 is 0.879 bits per heavy atom. The Morgan fingerprint density at radius 3 is 2.06 bits per heavy atom. The predicted molar refractivity (Wildman–Crippen MR) is 136 cm³/mol. The van der Waals surface area contributed by atoms with Crippen LogP contribution in [0.5, 0.6) is 0 Å². The van der Waals surface area contributed by atoms with Gasteiger partial charge in [-0.05, 0) is 49.2 Å². The van der Waals surface area contributed by atoms with Gasteiger partial charge in [0.15, 0.2) is 0 Å². The van der Waals surface area contributed by atoms with Gasteiger partial charge < -0.3 is 4.57 Å². The average Bonchev–Trinajstić information content (AvgIpc) is 3.10. The lowest BCUT2D eigenvalue weighted by molar-refractivity contribution is -0.121. The van der Waals surface area contributed by atoms with Crippen LogP contribution < -0.4 is 5.43 Å². The van der Waals surface area contributed by atoms with Gasteiger partial charge in [-0.15, -0.1) is 0 Å². The molecule has 6 heteroatoms. The summed E-state index contributed by atoms with van der Waals surface area (Å²) in [5, 5.41) is 5.28. The van der Waals surface area contributed by atoms with Gasteiger partial charge in [0, 0.05) is 22.6 Å². The summed E-state index contributed by atoms with van der Waals surface area (Å²) >= 11 is 12.3. The van der Waals surface area contributed by atoms with Gasteiger partial charge in [0.25, 0.3) is 5.91 Å². The van der Waals surface area contributed by atoms with Crippen molar-refractivity contribution in [3.63, 3.8) is 0 Å². The minimum absolute atomic E-state index is 0.193. The van der Waals surface area contributed by atoms with Crippen LogP contribution in [0.25, 0.3) is 5.69 Å². The van der Waals surface area contributed by atoms with Crippen molar-refractivity contribution in [2.75, 3.05) is 0 Å². The van der Waals surface area contributed by atoms with Gasteiger partial charge in [0.05, 0.1) is 22.2 Å². The molecule has 4 aromatic rings. The van der Waals surface area contributed by atoms with Crippen molar-refractivity contribution in [1.29, 1.82) is 0 Å². The third-order valence-electron chi connectivity index (χ3n) is 5.54. The number of hydrazone groups is 1. The molecule has 33 heavy (non-hydrogen) atoms. The smallest absolute Gasteiger partial charge is 0.252 e. The molecule has 0 bridgehead atoms. The molecule has 0 saturated carbocycles. The van der Waals surface area contributed by atoms with E-state index in [0.29, 0.717) is 10.0 Å². The van der Waals surface area contributed by atoms with E-state index in [-0.39, 0.29) is 5.91 Å². The van der Waals surface area contributed by atoms with E-state index in [0.717, 1.165) is 33.8 Å². The van der Waals surface area contributed by atoms with E-state index in [4.69, 9.17) is 23.2 Å². The Bertz CT molecular complexity index is 1260. The van der Waals surface area contributed by atoms with E-state index in [1.54, 1.807) is 12.3 Å². The fourth-order valence-corrected chi connectivity index (χ4v) is 4.25. The zero-order chi connectivity index (χ0) is 23.4. The van der Waals surface area contributed by atoms with Crippen LogP contribution in [0, 0.1) is 13.8 Å². The number of nitrogens with one attached hydrogen (secondary N) is 1. The minimum Gasteiger partial charge on any atom is -0.318 e. The number of halogens is 2. The van der Waals surface area contributed by atoms with Crippen LogP contribution in [0.4, 0.5) is 0 Å². The lowest BCUT2D eigenvalue weighted by Gasteiger charge is -2.16. The molecule has 0 saturated heterocycles. The first-order valence-electron chi connectivity index (χ1n) is 10.5. The highest BCUT2D eigenvalue weighted by molar-refractivity contribution is 6.42. The van der Waals surface area contributed by atoms with E-state index in [2.05, 4.69) is 15.1 Å². The number of hydrogen-bond donors (Lipinski definition) is 1. The fraction of sp³-hybridized carbons (Fsp3) is 0.111. The van der Waals surface area contributed by atoms with E-state index in [1.807, 2.05) is 92.7 Å². The first-order chi connectivity index (χ1) is 16.0. The van der Waals surface area contributed by atoms with Crippen LogP contribution in [0.15, 0.2) is 90.0 Å². The van der Waals surface area contributed by atoms with E-state index >= 15 is 0 Å². The van der Waals surface area contributed by atoms with Gasteiger partial charge in [-0.2, -0.15) is 5.10 Å². The maximum Gasteiger partial charge on any atom is 0.252 e. The number of carbonyl (C=O) groups excluding carboxylic acids is 1. The van der Waals surface area contributed by atoms with Crippen LogP contribution in [0.1, 0.15) is 34.0 Å². The van der Waals surface area contributed by atoms with Gasteiger partial charge in [-0.1, -0.05) is 83.9 Å². The maximum atomic E-state index is 13.1. The molecule has 1 amide bonds. The van der Waals surface area contributed by atoms with Crippen molar-refractivity contribution >= 4 is 35.3 Å². The van der Waals surface area contributed by atoms with E-state index in [1.165, 1.54) is 0 Å². The number of aromatic nitrogens is 1. The number of aryl methyl sites for hydroxylation is 1. The highest BCUT2D eigenvalue weighted by Gasteiger charge is 2.22. The molecule has 0 radical (unpaired) electrons. The molecule has 4 nitrogen and oxygen atoms in total. The second kappa shape index (κ2) is 10.1. The number of amides is 1. The third kappa shape index (κ3) is 5.03. The van der Waals surface area contributed by atoms with Crippen LogP contribution in [-0.2, 0) is 4.79 Å². The SMILES string of the molecule is Cc1cc(/C=N\NC(=O)C(c2ccccc2)c2ccccc2)c(C)n1-c1ccc(Cl)c(Cl)c1. The van der Waals surface area contributed by atoms with Gasteiger partial charge in [0.1, 0.15) is 0 Å². The highest BCUT2D eigenvalue weighted by Crippen LogP contribution is 2.28. The Balaban J connectivity index is 1.57. The molecule has 4 rings (SSSR count). The van der Waals surface area contributed by atoms with Crippen molar-refractivity contribution in [2.24, 2.45) is 5.10 Å². The summed E-state index contributed by atoms with van der Waals surface area (Å²) in [5.41, 5.74) is 8.35. The molecule has 0 spiro atoms. The van der Waals surface area contributed by atoms with Crippen molar-refractivity contribution in [1.82, 2.24) is 9.99 Å². The van der Waals surface area contributed by atoms with Crippen molar-refractivity contribution in [3.8, 4) is 5.69 Å². The lowest BCUT2D eigenvalue weighted by Crippen LogP contribution is -2.26. The average molecular weight is 476 g/mol. The molecule has 1 heterocycles. The summed E-state index contributed by atoms with van der Waals surface area (Å²) in [4.78, 5) is 13.1. The second-order valence-electron chi connectivity index (χ2n) is 7.75. The summed E-state index contributed by atoms with van der Waals surface area (Å²) in [6, 6.07) is 26.9. The summed E-state index contributed by atoms with van der Waals surface area (Å²) in [6.07, 6.45) is 1.67. The fourth-order valence-electron chi connectivity index (χ4n) is 3.96. The Kier molecular flexibility index (Phi) is 6.97. The van der Waals surface area contributed by atoms with Gasteiger partial charge >= 0.3 is 0 Å². The molecule has 1 aromatic heterocycles. The zero-order valence-electron chi connectivity index (χ0n) is 18.3. The standard InChI is InChI=1S/C27H23Cl2N3O/c1-18-15-22(19(2)32(18)23-13-14-24(28)25(29)16-23)17-30-31-27(33)26(20-9-5-3-6-10-20)21-11-7-4-8-12-21/h3-17,26H,1-2H3,(H,31,33)/b30-17-. The number of benzene rings is 3. The zero-order valence-corrected chi connectivity index (χ0v) is 19.8. The Morgan fingerprint density at radius 2 is 1.48 bits per heavy atom. The lowest BCUT2D eigenvalue weighted by atomic mass is 9.91. The van der Waals surface area contributed by atoms with E-state index < -0.39 is 5.92 Å². The number of rotatable bonds is 6. The monoisotopic (exact) mass is 475 g/mol. The number of hydrogen-bond acceptors (Lipinski definition) is 2. The van der Waals surface area contributed by atoms with Crippen molar-refractivity contribution in [3.05, 3.63) is 123 Å². The van der Waals surface area contributed by atoms with Gasteiger partial charge in [-0.3, -0.25) is 4.79 Å². The van der Waals surface area contributed by atoms with Crippen LogP contribution in [0.2, 0.25) is 10.0 Å². The molecule has 0 aliphatic heterocycles. The van der Waals surface area contributed by atoms with Crippen molar-refractivity contribution < 1.29 is 4.79 Å². The molecule has 0 unspecified atom stereocenters. The largest absolute Gasteiger partial charge is 0.318 e. The Hall–Kier alpha value is -3.34. The molecule has 1 N–H and O–H groups in total. The summed E-state index contributed by atoms with van der Waals surface area (Å²) in [6.45, 7) is 4.00. The molecule has 166 valence electrons. The molecule has 0 atom stereocenters. The molecular weight excluding hydrogens is 453 g/mol. The Labute approximate surface area is 203 Å². The van der Waals surface area contributed by atoms with Gasteiger partial charge in [0.2, 0.25) is 0 Å². The molecule has 0 fully saturated rings. The molecular formula is C27H23Cl2N3O. The van der Waals surface area contributed by atoms with Crippen LogP contribution in [-0.4, -0.2) is 16.7 Å². The summed E-state index contributed by atoms with van der Waals surface area (Å²) in [5.74, 6) is -0.643. The predicted octanol–water partition coefficient (Wildman–Crippen LogP) is 6.68. The maximum absolute atomic E-state index is 13.1. The highest BCUT2D eigenvalue weighted by atomic mass is 35.5. The number of carbonyl (C=O) groups is 1. The van der Waals surface area contributed by atoms with E-state index in [9.17, 15) is 4.79 Å². The molecule has 0 aliphatic carbocycles. The summed E-state index contributed by atoms with van der Waals surface area (Å²) < 4.78 is 2.07. The minimum atomic E-state index is -0.451. The van der Waals surface area contributed by atoms with Gasteiger partial charge in [-0.25, -0.2) is 5.43 Å². The first kappa shape index (κ1) is 22.8. The quantitative estimate of drug-likeness (QED) is 0.245. The third-order valence-corrected chi connectivity index (χ3v) is 6.28.